The van der Waals surface area contributed by atoms with Gasteiger partial charge in [0.1, 0.15) is 17.8 Å². The average molecular weight is 1050 g/mol. The van der Waals surface area contributed by atoms with Gasteiger partial charge in [-0.2, -0.15) is 0 Å². The van der Waals surface area contributed by atoms with Gasteiger partial charge in [-0.25, -0.2) is 4.90 Å². The van der Waals surface area contributed by atoms with Crippen LogP contribution in [-0.4, -0.2) is 61.0 Å². The number of Topliss-reactive ketones (excluding diaryl/α,β-unsaturated/α-hetero) is 4. The summed E-state index contributed by atoms with van der Waals surface area (Å²) in [6.07, 6.45) is 46.9. The van der Waals surface area contributed by atoms with E-state index in [0.29, 0.717) is 25.7 Å². The van der Waals surface area contributed by atoms with E-state index in [2.05, 4.69) is 27.7 Å². The molecule has 8 heteroatoms. The number of rotatable bonds is 58. The summed E-state index contributed by atoms with van der Waals surface area (Å²) in [7, 11) is 0. The minimum absolute atomic E-state index is 0.0746. The molecule has 0 rings (SSSR count). The molecule has 0 fully saturated rings. The number of aliphatic hydroxyl groups excluding tert-OH is 1. The number of carbonyl (C=O) groups excluding carboxylic acids is 4. The molecule has 0 saturated heterocycles. The molecule has 0 spiro atoms. The van der Waals surface area contributed by atoms with E-state index in [-0.39, 0.29) is 37.2 Å². The molecule has 0 aliphatic rings. The van der Waals surface area contributed by atoms with Gasteiger partial charge in [-0.3, -0.25) is 19.2 Å². The van der Waals surface area contributed by atoms with Crippen molar-refractivity contribution >= 4 is 23.1 Å². The Kier molecular flexibility index (Phi) is 47.7. The summed E-state index contributed by atoms with van der Waals surface area (Å²) in [6, 6.07) is 0. The Morgan fingerprint density at radius 1 is 0.311 bits per heavy atom. The first kappa shape index (κ1) is 72.5. The van der Waals surface area contributed by atoms with Crippen molar-refractivity contribution in [3.8, 4) is 0 Å². The van der Waals surface area contributed by atoms with Gasteiger partial charge in [-0.05, 0) is 31.6 Å². The SMILES string of the molecule is CCCCCCCCCCCCCC(=O)C(C)C(O)(C(=O)CCCCCCCCCCCCC)N(C(O)C(C)C)C(O)(C(=O)CCCCCCCCCCCCC)C(C)C(=O)CCCCCCCCCCCCC. The van der Waals surface area contributed by atoms with Crippen LogP contribution in [0.3, 0.4) is 0 Å². The van der Waals surface area contributed by atoms with Gasteiger partial charge in [-0.15, -0.1) is 0 Å². The van der Waals surface area contributed by atoms with Crippen molar-refractivity contribution in [2.75, 3.05) is 0 Å². The quantitative estimate of drug-likeness (QED) is 0.0405. The van der Waals surface area contributed by atoms with Crippen LogP contribution in [0.1, 0.15) is 364 Å². The van der Waals surface area contributed by atoms with Crippen LogP contribution in [0.2, 0.25) is 0 Å². The van der Waals surface area contributed by atoms with Crippen molar-refractivity contribution < 1.29 is 34.5 Å². The molecule has 0 aromatic carbocycles. The topological polar surface area (TPSA) is 132 Å². The zero-order chi connectivity index (χ0) is 55.1. The summed E-state index contributed by atoms with van der Waals surface area (Å²) in [5, 5.41) is 39.1. The van der Waals surface area contributed by atoms with Crippen LogP contribution >= 0.6 is 0 Å². The van der Waals surface area contributed by atoms with Gasteiger partial charge in [0.15, 0.2) is 23.0 Å². The number of carbonyl (C=O) groups is 4. The molecule has 0 aliphatic carbocycles. The number of nitrogens with zero attached hydrogens (tertiary/aromatic N) is 1. The predicted octanol–water partition coefficient (Wildman–Crippen LogP) is 19.0. The van der Waals surface area contributed by atoms with Crippen LogP contribution < -0.4 is 0 Å². The summed E-state index contributed by atoms with van der Waals surface area (Å²) in [4.78, 5) is 59.9. The average Bonchev–Trinajstić information content (AvgIpc) is 3.39. The number of hydrogen-bond acceptors (Lipinski definition) is 8. The van der Waals surface area contributed by atoms with Crippen LogP contribution in [0.15, 0.2) is 0 Å². The number of hydrogen-bond donors (Lipinski definition) is 3. The van der Waals surface area contributed by atoms with E-state index in [1.807, 2.05) is 0 Å². The standard InChI is InChI=1S/C66H127NO7/c1-9-13-17-21-25-29-33-37-41-45-49-53-60(68)58(7)65(73,62(70)55-51-47-43-39-35-31-27-23-19-15-11-3)67(64(72)57(5)6)66(74,63(71)56-52-48-44-40-36-32-28-24-20-16-12-4)59(8)61(69)54-50-46-42-38-34-30-26-22-18-14-10-2/h57-59,64,72-74H,9-56H2,1-8H3. The molecule has 5 unspecified atom stereocenters. The van der Waals surface area contributed by atoms with E-state index < -0.39 is 47.0 Å². The van der Waals surface area contributed by atoms with Gasteiger partial charge in [0, 0.05) is 25.7 Å². The summed E-state index contributed by atoms with van der Waals surface area (Å²) in [5.74, 6) is -5.43. The molecule has 5 atom stereocenters. The third-order valence-corrected chi connectivity index (χ3v) is 16.7. The molecule has 0 bridgehead atoms. The van der Waals surface area contributed by atoms with Gasteiger partial charge >= 0.3 is 0 Å². The maximum atomic E-state index is 15.0. The van der Waals surface area contributed by atoms with E-state index in [4.69, 9.17) is 0 Å². The molecule has 0 aliphatic heterocycles. The molecule has 8 nitrogen and oxygen atoms in total. The van der Waals surface area contributed by atoms with Crippen molar-refractivity contribution in [2.24, 2.45) is 17.8 Å². The molecule has 0 radical (unpaired) electrons. The summed E-state index contributed by atoms with van der Waals surface area (Å²) >= 11 is 0. The zero-order valence-corrected chi connectivity index (χ0v) is 50.7. The summed E-state index contributed by atoms with van der Waals surface area (Å²) in [5.41, 5.74) is -5.46. The molecule has 0 amide bonds. The van der Waals surface area contributed by atoms with Gasteiger partial charge in [0.25, 0.3) is 0 Å². The Balaban J connectivity index is 6.65. The van der Waals surface area contributed by atoms with Crippen LogP contribution in [-0.2, 0) is 19.2 Å². The lowest BCUT2D eigenvalue weighted by molar-refractivity contribution is -0.290. The molecule has 3 N–H and O–H groups in total. The first-order chi connectivity index (χ1) is 35.7. The van der Waals surface area contributed by atoms with Crippen molar-refractivity contribution in [1.29, 1.82) is 0 Å². The highest BCUT2D eigenvalue weighted by atomic mass is 16.4. The van der Waals surface area contributed by atoms with Crippen molar-refractivity contribution in [1.82, 2.24) is 4.90 Å². The first-order valence-electron chi connectivity index (χ1n) is 32.8. The van der Waals surface area contributed by atoms with Gasteiger partial charge in [0.2, 0.25) is 0 Å². The molecular weight excluding hydrogens is 919 g/mol. The maximum absolute atomic E-state index is 15.0. The van der Waals surface area contributed by atoms with Crippen LogP contribution in [0.4, 0.5) is 0 Å². The van der Waals surface area contributed by atoms with E-state index >= 15 is 9.59 Å². The van der Waals surface area contributed by atoms with E-state index in [0.717, 1.165) is 94.8 Å². The third-order valence-electron chi connectivity index (χ3n) is 16.7. The van der Waals surface area contributed by atoms with Crippen LogP contribution in [0.5, 0.6) is 0 Å². The van der Waals surface area contributed by atoms with Gasteiger partial charge in [0.05, 0.1) is 11.8 Å². The fourth-order valence-electron chi connectivity index (χ4n) is 11.2. The predicted molar refractivity (Wildman–Crippen MR) is 315 cm³/mol. The Bertz CT molecular complexity index is 1240. The first-order valence-corrected chi connectivity index (χ1v) is 32.8. The normalized spacial score (nSPS) is 14.8. The fraction of sp³-hybridized carbons (Fsp3) is 0.939. The second-order valence-electron chi connectivity index (χ2n) is 23.8. The van der Waals surface area contributed by atoms with Gasteiger partial charge < -0.3 is 15.3 Å². The van der Waals surface area contributed by atoms with E-state index in [1.165, 1.54) is 181 Å². The molecule has 0 saturated carbocycles. The third kappa shape index (κ3) is 32.4. The Labute approximate surface area is 459 Å². The van der Waals surface area contributed by atoms with Crippen molar-refractivity contribution in [3.05, 3.63) is 0 Å². The number of unbranched alkanes of at least 4 members (excludes halogenated alkanes) is 40. The monoisotopic (exact) mass is 1050 g/mol. The molecule has 74 heavy (non-hydrogen) atoms. The smallest absolute Gasteiger partial charge is 0.192 e. The van der Waals surface area contributed by atoms with E-state index in [9.17, 15) is 24.9 Å². The number of ketones is 4. The summed E-state index contributed by atoms with van der Waals surface area (Å²) < 4.78 is 0. The minimum atomic E-state index is -2.73. The largest absolute Gasteiger partial charge is 0.378 e. The van der Waals surface area contributed by atoms with Crippen LogP contribution in [0.25, 0.3) is 0 Å². The maximum Gasteiger partial charge on any atom is 0.192 e. The minimum Gasteiger partial charge on any atom is -0.378 e. The Morgan fingerprint density at radius 3 is 0.676 bits per heavy atom. The molecule has 0 aromatic rings. The van der Waals surface area contributed by atoms with E-state index in [1.54, 1.807) is 13.8 Å². The molecule has 438 valence electrons. The highest BCUT2D eigenvalue weighted by molar-refractivity contribution is 5.98. The van der Waals surface area contributed by atoms with Gasteiger partial charge in [-0.1, -0.05) is 312 Å². The number of aliphatic hydroxyl groups is 3. The molecule has 0 heterocycles. The highest BCUT2D eigenvalue weighted by Crippen LogP contribution is 2.41. The fourth-order valence-corrected chi connectivity index (χ4v) is 11.2. The Hall–Kier alpha value is -1.48. The Morgan fingerprint density at radius 2 is 0.486 bits per heavy atom. The lowest BCUT2D eigenvalue weighted by Gasteiger charge is -2.53. The summed E-state index contributed by atoms with van der Waals surface area (Å²) in [6.45, 7) is 15.4. The second-order valence-corrected chi connectivity index (χ2v) is 23.8. The molecular formula is C66H127NO7. The second kappa shape index (κ2) is 48.6. The zero-order valence-electron chi connectivity index (χ0n) is 50.7. The highest BCUT2D eigenvalue weighted by Gasteiger charge is 2.63. The lowest BCUT2D eigenvalue weighted by atomic mass is 9.77. The van der Waals surface area contributed by atoms with Crippen molar-refractivity contribution in [3.63, 3.8) is 0 Å². The molecule has 0 aromatic heterocycles. The lowest BCUT2D eigenvalue weighted by Crippen LogP contribution is -2.76. The van der Waals surface area contributed by atoms with Crippen molar-refractivity contribution in [2.45, 2.75) is 381 Å². The van der Waals surface area contributed by atoms with Crippen LogP contribution in [0, 0.1) is 17.8 Å².